The van der Waals surface area contributed by atoms with E-state index in [1.165, 1.54) is 0 Å². The lowest BCUT2D eigenvalue weighted by molar-refractivity contribution is -0.142. The largest absolute Gasteiger partial charge is 0.465 e. The number of nitrogens with one attached hydrogen (secondary N) is 1. The van der Waals surface area contributed by atoms with Crippen LogP contribution in [0.1, 0.15) is 20.3 Å². The maximum absolute atomic E-state index is 11.0. The second kappa shape index (κ2) is 5.44. The van der Waals surface area contributed by atoms with Gasteiger partial charge in [-0.3, -0.25) is 4.79 Å². The van der Waals surface area contributed by atoms with Crippen LogP contribution in [0.15, 0.2) is 0 Å². The van der Waals surface area contributed by atoms with Gasteiger partial charge in [0, 0.05) is 19.6 Å². The van der Waals surface area contributed by atoms with E-state index in [4.69, 9.17) is 9.47 Å². The molecule has 5 nitrogen and oxygen atoms in total. The summed E-state index contributed by atoms with van der Waals surface area (Å²) in [6.07, 6.45) is 0.413. The van der Waals surface area contributed by atoms with E-state index < -0.39 is 5.60 Å². The smallest absolute Gasteiger partial charge is 0.319 e. The van der Waals surface area contributed by atoms with Gasteiger partial charge in [0.2, 0.25) is 0 Å². The van der Waals surface area contributed by atoms with Crippen molar-refractivity contribution in [2.45, 2.75) is 32.0 Å². The molecule has 5 heteroatoms. The highest BCUT2D eigenvalue weighted by molar-refractivity contribution is 5.71. The Balaban J connectivity index is 2.22. The first kappa shape index (κ1) is 12.4. The molecule has 1 rings (SSSR count). The molecule has 1 aliphatic heterocycles. The lowest BCUT2D eigenvalue weighted by atomic mass is 9.97. The van der Waals surface area contributed by atoms with Gasteiger partial charge in [-0.25, -0.2) is 0 Å². The van der Waals surface area contributed by atoms with Crippen molar-refractivity contribution in [2.75, 3.05) is 26.3 Å². The number of hydrogen-bond donors (Lipinski definition) is 2. The first-order chi connectivity index (χ1) is 7.08. The molecule has 1 aliphatic rings. The van der Waals surface area contributed by atoms with Gasteiger partial charge in [-0.15, -0.1) is 0 Å². The standard InChI is InChI=1S/C10H19NO4/c1-3-14-9(12)6-11-7-10(13)4-5-15-8(10)2/h8,11,13H,3-7H2,1-2H3. The summed E-state index contributed by atoms with van der Waals surface area (Å²) in [4.78, 5) is 11.0. The molecule has 0 bridgehead atoms. The van der Waals surface area contributed by atoms with Gasteiger partial charge in [-0.05, 0) is 13.8 Å². The molecule has 2 N–H and O–H groups in total. The molecule has 2 unspecified atom stereocenters. The number of esters is 1. The van der Waals surface area contributed by atoms with Crippen molar-refractivity contribution in [3.8, 4) is 0 Å². The first-order valence-corrected chi connectivity index (χ1v) is 5.29. The Hall–Kier alpha value is -0.650. The minimum absolute atomic E-state index is 0.128. The summed E-state index contributed by atoms with van der Waals surface area (Å²) in [6, 6.07) is 0. The van der Waals surface area contributed by atoms with Gasteiger partial charge in [0.05, 0.1) is 19.3 Å². The molecule has 1 saturated heterocycles. The first-order valence-electron chi connectivity index (χ1n) is 5.29. The molecule has 0 aromatic rings. The molecule has 0 saturated carbocycles. The molecule has 0 spiro atoms. The maximum atomic E-state index is 11.0. The monoisotopic (exact) mass is 217 g/mol. The molecule has 15 heavy (non-hydrogen) atoms. The fraction of sp³-hybridized carbons (Fsp3) is 0.900. The Bertz CT molecular complexity index is 221. The van der Waals surface area contributed by atoms with Crippen molar-refractivity contribution in [2.24, 2.45) is 0 Å². The summed E-state index contributed by atoms with van der Waals surface area (Å²) in [5.41, 5.74) is -0.855. The highest BCUT2D eigenvalue weighted by Crippen LogP contribution is 2.24. The van der Waals surface area contributed by atoms with Gasteiger partial charge in [-0.2, -0.15) is 0 Å². The van der Waals surface area contributed by atoms with Crippen LogP contribution in [0.25, 0.3) is 0 Å². The molecule has 0 radical (unpaired) electrons. The SMILES string of the molecule is CCOC(=O)CNCC1(O)CCOC1C. The molecular weight excluding hydrogens is 198 g/mol. The number of carbonyl (C=O) groups is 1. The van der Waals surface area contributed by atoms with Crippen molar-refractivity contribution in [1.82, 2.24) is 5.32 Å². The third kappa shape index (κ3) is 3.44. The predicted octanol–water partition coefficient (Wildman–Crippen LogP) is -0.321. The molecule has 1 heterocycles. The zero-order chi connectivity index (χ0) is 11.3. The molecule has 0 aliphatic carbocycles. The fourth-order valence-electron chi connectivity index (χ4n) is 1.60. The van der Waals surface area contributed by atoms with Crippen LogP contribution < -0.4 is 5.32 Å². The number of rotatable bonds is 5. The molecule has 1 fully saturated rings. The van der Waals surface area contributed by atoms with Gasteiger partial charge in [0.25, 0.3) is 0 Å². The number of ether oxygens (including phenoxy) is 2. The van der Waals surface area contributed by atoms with Crippen LogP contribution in [0, 0.1) is 0 Å². The van der Waals surface area contributed by atoms with Crippen molar-refractivity contribution >= 4 is 5.97 Å². The normalized spacial score (nSPS) is 30.5. The Labute approximate surface area is 89.8 Å². The summed E-state index contributed by atoms with van der Waals surface area (Å²) in [5, 5.41) is 12.9. The summed E-state index contributed by atoms with van der Waals surface area (Å²) in [7, 11) is 0. The Morgan fingerprint density at radius 1 is 1.73 bits per heavy atom. The highest BCUT2D eigenvalue weighted by Gasteiger charge is 2.39. The van der Waals surface area contributed by atoms with Crippen LogP contribution in [-0.4, -0.2) is 49.1 Å². The van der Waals surface area contributed by atoms with E-state index in [0.29, 0.717) is 26.2 Å². The van der Waals surface area contributed by atoms with Crippen LogP contribution in [0.3, 0.4) is 0 Å². The van der Waals surface area contributed by atoms with E-state index in [-0.39, 0.29) is 18.6 Å². The summed E-state index contributed by atoms with van der Waals surface area (Å²) < 4.78 is 10.0. The number of carbonyl (C=O) groups excluding carboxylic acids is 1. The van der Waals surface area contributed by atoms with E-state index in [0.717, 1.165) is 0 Å². The fourth-order valence-corrected chi connectivity index (χ4v) is 1.60. The zero-order valence-electron chi connectivity index (χ0n) is 9.28. The van der Waals surface area contributed by atoms with Gasteiger partial charge in [0.1, 0.15) is 5.60 Å². The zero-order valence-corrected chi connectivity index (χ0v) is 9.28. The lowest BCUT2D eigenvalue weighted by Crippen LogP contribution is -2.47. The average Bonchev–Trinajstić information content (AvgIpc) is 2.48. The van der Waals surface area contributed by atoms with Gasteiger partial charge >= 0.3 is 5.97 Å². The number of hydrogen-bond acceptors (Lipinski definition) is 5. The topological polar surface area (TPSA) is 67.8 Å². The van der Waals surface area contributed by atoms with Gasteiger partial charge in [-0.1, -0.05) is 0 Å². The van der Waals surface area contributed by atoms with E-state index in [9.17, 15) is 9.90 Å². The summed E-state index contributed by atoms with van der Waals surface area (Å²) in [5.74, 6) is -0.298. The quantitative estimate of drug-likeness (QED) is 0.618. The van der Waals surface area contributed by atoms with Crippen LogP contribution in [0.4, 0.5) is 0 Å². The van der Waals surface area contributed by atoms with Crippen LogP contribution in [0.5, 0.6) is 0 Å². The van der Waals surface area contributed by atoms with E-state index in [1.54, 1.807) is 6.92 Å². The van der Waals surface area contributed by atoms with Crippen LogP contribution in [0.2, 0.25) is 0 Å². The second-order valence-corrected chi connectivity index (χ2v) is 3.78. The van der Waals surface area contributed by atoms with Crippen molar-refractivity contribution in [3.05, 3.63) is 0 Å². The van der Waals surface area contributed by atoms with E-state index in [1.807, 2.05) is 6.92 Å². The van der Waals surface area contributed by atoms with Crippen LogP contribution >= 0.6 is 0 Å². The minimum atomic E-state index is -0.855. The maximum Gasteiger partial charge on any atom is 0.319 e. The molecule has 0 aromatic heterocycles. The van der Waals surface area contributed by atoms with Crippen LogP contribution in [-0.2, 0) is 14.3 Å². The van der Waals surface area contributed by atoms with E-state index >= 15 is 0 Å². The van der Waals surface area contributed by atoms with Crippen molar-refractivity contribution in [3.63, 3.8) is 0 Å². The highest BCUT2D eigenvalue weighted by atomic mass is 16.5. The Kier molecular flexibility index (Phi) is 4.50. The Morgan fingerprint density at radius 2 is 2.47 bits per heavy atom. The Morgan fingerprint density at radius 3 is 3.00 bits per heavy atom. The third-order valence-corrected chi connectivity index (χ3v) is 2.67. The van der Waals surface area contributed by atoms with Gasteiger partial charge < -0.3 is 19.9 Å². The van der Waals surface area contributed by atoms with Gasteiger partial charge in [0.15, 0.2) is 0 Å². The molecular formula is C10H19NO4. The molecule has 0 aromatic carbocycles. The van der Waals surface area contributed by atoms with Crippen molar-refractivity contribution in [1.29, 1.82) is 0 Å². The molecule has 2 atom stereocenters. The van der Waals surface area contributed by atoms with Crippen molar-refractivity contribution < 1.29 is 19.4 Å². The second-order valence-electron chi connectivity index (χ2n) is 3.78. The summed E-state index contributed by atoms with van der Waals surface area (Å²) >= 11 is 0. The molecule has 88 valence electrons. The number of aliphatic hydroxyl groups is 1. The minimum Gasteiger partial charge on any atom is -0.465 e. The van der Waals surface area contributed by atoms with E-state index in [2.05, 4.69) is 5.32 Å². The molecule has 0 amide bonds. The summed E-state index contributed by atoms with van der Waals surface area (Å²) in [6.45, 7) is 5.02. The predicted molar refractivity (Wildman–Crippen MR) is 54.5 cm³/mol. The average molecular weight is 217 g/mol. The third-order valence-electron chi connectivity index (χ3n) is 2.67. The lowest BCUT2D eigenvalue weighted by Gasteiger charge is -2.25.